The van der Waals surface area contributed by atoms with Gasteiger partial charge in [-0.1, -0.05) is 24.3 Å². The average molecular weight is 534 g/mol. The number of furan rings is 1. The summed E-state index contributed by atoms with van der Waals surface area (Å²) in [5.41, 5.74) is 0.840. The van der Waals surface area contributed by atoms with E-state index in [0.717, 1.165) is 16.7 Å². The van der Waals surface area contributed by atoms with Gasteiger partial charge in [0.2, 0.25) is 10.0 Å². The first-order chi connectivity index (χ1) is 13.0. The molecular formula is C18H23IN4O3S2. The molecule has 7 nitrogen and oxygen atoms in total. The Balaban J connectivity index is 0.00000280. The van der Waals surface area contributed by atoms with Crippen molar-refractivity contribution in [3.05, 3.63) is 53.6 Å². The van der Waals surface area contributed by atoms with Crippen LogP contribution in [0.2, 0.25) is 0 Å². The predicted octanol–water partition coefficient (Wildman–Crippen LogP) is 3.32. The summed E-state index contributed by atoms with van der Waals surface area (Å²) in [6, 6.07) is 13.0. The molecule has 0 aliphatic carbocycles. The van der Waals surface area contributed by atoms with Crippen LogP contribution >= 0.6 is 35.3 Å². The first-order valence-electron chi connectivity index (χ1n) is 8.48. The molecule has 10 heteroatoms. The molecule has 28 heavy (non-hydrogen) atoms. The number of nitrogens with zero attached hydrogens (tertiary/aromatic N) is 1. The lowest BCUT2D eigenvalue weighted by molar-refractivity contribution is 0.488. The van der Waals surface area contributed by atoms with E-state index in [1.165, 1.54) is 11.3 Å². The minimum Gasteiger partial charge on any atom is -0.459 e. The van der Waals surface area contributed by atoms with Crippen LogP contribution in [-0.2, 0) is 10.0 Å². The van der Waals surface area contributed by atoms with Crippen LogP contribution in [0.3, 0.4) is 0 Å². The molecule has 3 aromatic rings. The number of hydrogen-bond donors (Lipinski definition) is 3. The fourth-order valence-corrected chi connectivity index (χ4v) is 4.61. The van der Waals surface area contributed by atoms with Crippen molar-refractivity contribution < 1.29 is 12.8 Å². The lowest BCUT2D eigenvalue weighted by Crippen LogP contribution is -2.42. The van der Waals surface area contributed by atoms with Crippen molar-refractivity contribution in [1.29, 1.82) is 0 Å². The average Bonchev–Trinajstić information content (AvgIpc) is 3.34. The van der Waals surface area contributed by atoms with Gasteiger partial charge in [0, 0.05) is 25.5 Å². The molecule has 0 aliphatic rings. The van der Waals surface area contributed by atoms with Gasteiger partial charge >= 0.3 is 0 Å². The normalized spacial score (nSPS) is 13.1. The van der Waals surface area contributed by atoms with Crippen molar-refractivity contribution >= 4 is 62.3 Å². The molecule has 0 spiro atoms. The Bertz CT molecular complexity index is 984. The molecule has 0 aliphatic heterocycles. The fraction of sp³-hybridized carbons (Fsp3) is 0.278. The van der Waals surface area contributed by atoms with Crippen LogP contribution in [0.5, 0.6) is 0 Å². The zero-order valence-corrected chi connectivity index (χ0v) is 19.5. The van der Waals surface area contributed by atoms with Crippen LogP contribution in [-0.4, -0.2) is 34.5 Å². The number of rotatable bonds is 7. The molecule has 2 aromatic heterocycles. The topological polar surface area (TPSA) is 95.7 Å². The van der Waals surface area contributed by atoms with Gasteiger partial charge in [0.15, 0.2) is 5.96 Å². The highest BCUT2D eigenvalue weighted by molar-refractivity contribution is 14.0. The Labute approximate surface area is 185 Å². The van der Waals surface area contributed by atoms with Crippen molar-refractivity contribution in [2.75, 3.05) is 20.1 Å². The van der Waals surface area contributed by atoms with Gasteiger partial charge in [-0.15, -0.1) is 35.3 Å². The summed E-state index contributed by atoms with van der Waals surface area (Å²) >= 11 is 1.19. The smallest absolute Gasteiger partial charge is 0.250 e. The van der Waals surface area contributed by atoms with Crippen LogP contribution in [0, 0.1) is 0 Å². The number of fused-ring (bicyclic) bond motifs is 1. The number of sulfonamides is 1. The summed E-state index contributed by atoms with van der Waals surface area (Å²) < 4.78 is 32.9. The lowest BCUT2D eigenvalue weighted by Gasteiger charge is -2.16. The number of thiophene rings is 1. The van der Waals surface area contributed by atoms with Gasteiger partial charge in [0.25, 0.3) is 0 Å². The molecule has 1 aromatic carbocycles. The maximum atomic E-state index is 12.1. The predicted molar refractivity (Wildman–Crippen MR) is 124 cm³/mol. The molecule has 0 saturated carbocycles. The van der Waals surface area contributed by atoms with Crippen molar-refractivity contribution in [2.24, 2.45) is 4.99 Å². The Hall–Kier alpha value is -1.63. The lowest BCUT2D eigenvalue weighted by atomic mass is 10.2. The van der Waals surface area contributed by atoms with Crippen LogP contribution in [0.4, 0.5) is 0 Å². The van der Waals surface area contributed by atoms with E-state index >= 15 is 0 Å². The molecule has 0 amide bonds. The quantitative estimate of drug-likeness (QED) is 0.187. The van der Waals surface area contributed by atoms with Gasteiger partial charge in [-0.25, -0.2) is 13.1 Å². The SMILES string of the molecule is CN=C(NCCNS(=O)(=O)c1cccs1)NC(C)c1cc2ccccc2o1.I. The molecule has 152 valence electrons. The van der Waals surface area contributed by atoms with Gasteiger partial charge in [0.05, 0.1) is 6.04 Å². The second kappa shape index (κ2) is 10.2. The van der Waals surface area contributed by atoms with E-state index in [-0.39, 0.29) is 36.6 Å². The molecule has 0 saturated heterocycles. The first-order valence-corrected chi connectivity index (χ1v) is 10.8. The molecule has 3 rings (SSSR count). The largest absolute Gasteiger partial charge is 0.459 e. The Kier molecular flexibility index (Phi) is 8.28. The number of guanidine groups is 1. The molecule has 3 N–H and O–H groups in total. The summed E-state index contributed by atoms with van der Waals surface area (Å²) in [5.74, 6) is 1.37. The second-order valence-corrected chi connectivity index (χ2v) is 8.82. The summed E-state index contributed by atoms with van der Waals surface area (Å²) in [7, 11) is -1.79. The van der Waals surface area contributed by atoms with E-state index in [1.54, 1.807) is 24.6 Å². The van der Waals surface area contributed by atoms with Crippen molar-refractivity contribution in [3.8, 4) is 0 Å². The highest BCUT2D eigenvalue weighted by Gasteiger charge is 2.15. The van der Waals surface area contributed by atoms with E-state index in [4.69, 9.17) is 4.42 Å². The maximum absolute atomic E-state index is 12.1. The summed E-state index contributed by atoms with van der Waals surface area (Å²) in [6.07, 6.45) is 0. The summed E-state index contributed by atoms with van der Waals surface area (Å²) in [5, 5.41) is 9.12. The van der Waals surface area contributed by atoms with E-state index in [0.29, 0.717) is 16.7 Å². The number of nitrogens with one attached hydrogen (secondary N) is 3. The third-order valence-corrected chi connectivity index (χ3v) is 6.78. The van der Waals surface area contributed by atoms with Gasteiger partial charge in [-0.2, -0.15) is 0 Å². The number of aliphatic imine (C=N–C) groups is 1. The van der Waals surface area contributed by atoms with Gasteiger partial charge in [-0.3, -0.25) is 4.99 Å². The van der Waals surface area contributed by atoms with E-state index in [9.17, 15) is 8.42 Å². The van der Waals surface area contributed by atoms with Crippen molar-refractivity contribution in [1.82, 2.24) is 15.4 Å². The molecule has 1 atom stereocenters. The fourth-order valence-electron chi connectivity index (χ4n) is 2.54. The molecule has 0 radical (unpaired) electrons. The van der Waals surface area contributed by atoms with Crippen LogP contribution in [0.15, 0.2) is 61.5 Å². The second-order valence-electron chi connectivity index (χ2n) is 5.88. The minimum absolute atomic E-state index is 0. The number of para-hydroxylation sites is 1. The number of halogens is 1. The van der Waals surface area contributed by atoms with Crippen LogP contribution in [0.25, 0.3) is 11.0 Å². The monoisotopic (exact) mass is 534 g/mol. The third-order valence-electron chi connectivity index (χ3n) is 3.92. The summed E-state index contributed by atoms with van der Waals surface area (Å²) in [6.45, 7) is 2.63. The molecular weight excluding hydrogens is 511 g/mol. The Morgan fingerprint density at radius 2 is 2.00 bits per heavy atom. The van der Waals surface area contributed by atoms with E-state index in [1.807, 2.05) is 37.3 Å². The third kappa shape index (κ3) is 5.69. The van der Waals surface area contributed by atoms with Crippen molar-refractivity contribution in [2.45, 2.75) is 17.2 Å². The van der Waals surface area contributed by atoms with E-state index < -0.39 is 10.0 Å². The van der Waals surface area contributed by atoms with Crippen LogP contribution < -0.4 is 15.4 Å². The molecule has 1 unspecified atom stereocenters. The highest BCUT2D eigenvalue weighted by atomic mass is 127. The zero-order valence-electron chi connectivity index (χ0n) is 15.5. The molecule has 0 fully saturated rings. The first kappa shape index (κ1) is 22.7. The Morgan fingerprint density at radius 1 is 1.21 bits per heavy atom. The number of benzene rings is 1. The van der Waals surface area contributed by atoms with Gasteiger partial charge in [-0.05, 0) is 30.5 Å². The van der Waals surface area contributed by atoms with E-state index in [2.05, 4.69) is 20.3 Å². The summed E-state index contributed by atoms with van der Waals surface area (Å²) in [4.78, 5) is 4.17. The maximum Gasteiger partial charge on any atom is 0.250 e. The van der Waals surface area contributed by atoms with Crippen LogP contribution in [0.1, 0.15) is 18.7 Å². The zero-order chi connectivity index (χ0) is 19.3. The molecule has 0 bridgehead atoms. The number of hydrogen-bond acceptors (Lipinski definition) is 5. The minimum atomic E-state index is -3.45. The Morgan fingerprint density at radius 3 is 2.68 bits per heavy atom. The standard InChI is InChI=1S/C18H22N4O3S2.HI/c1-13(16-12-14-6-3-4-7-15(14)25-16)22-18(19-2)20-9-10-21-27(23,24)17-8-5-11-26-17;/h3-8,11-13,21H,9-10H2,1-2H3,(H2,19,20,22);1H. The highest BCUT2D eigenvalue weighted by Crippen LogP contribution is 2.23. The van der Waals surface area contributed by atoms with Gasteiger partial charge < -0.3 is 15.1 Å². The van der Waals surface area contributed by atoms with Crippen molar-refractivity contribution in [3.63, 3.8) is 0 Å². The molecule has 2 heterocycles. The van der Waals surface area contributed by atoms with Gasteiger partial charge in [0.1, 0.15) is 15.6 Å².